The third kappa shape index (κ3) is 1.97. The zero-order valence-corrected chi connectivity index (χ0v) is 9.70. The Morgan fingerprint density at radius 1 is 1.18 bits per heavy atom. The average Bonchev–Trinajstić information content (AvgIpc) is 2.63. The lowest BCUT2D eigenvalue weighted by Gasteiger charge is -2.12. The second kappa shape index (κ2) is 4.31. The maximum absolute atomic E-state index is 11.8. The van der Waals surface area contributed by atoms with Crippen molar-refractivity contribution in [3.05, 3.63) is 22.5 Å². The van der Waals surface area contributed by atoms with E-state index >= 15 is 0 Å². The lowest BCUT2D eigenvalue weighted by atomic mass is 9.99. The minimum absolute atomic E-state index is 0.105. The second-order valence-electron chi connectivity index (χ2n) is 4.74. The SMILES string of the molecule is O=c1[nH]c(C2CCCCCC2)nc2nc[nH]c12. The van der Waals surface area contributed by atoms with Crippen LogP contribution >= 0.6 is 0 Å². The average molecular weight is 232 g/mol. The van der Waals surface area contributed by atoms with Crippen LogP contribution < -0.4 is 5.56 Å². The van der Waals surface area contributed by atoms with Gasteiger partial charge >= 0.3 is 0 Å². The molecular formula is C12H16N4O. The molecule has 0 bridgehead atoms. The molecule has 0 unspecified atom stereocenters. The molecule has 5 nitrogen and oxygen atoms in total. The summed E-state index contributed by atoms with van der Waals surface area (Å²) < 4.78 is 0. The lowest BCUT2D eigenvalue weighted by Crippen LogP contribution is -2.14. The van der Waals surface area contributed by atoms with Gasteiger partial charge in [0.05, 0.1) is 6.33 Å². The molecule has 0 aliphatic heterocycles. The summed E-state index contributed by atoms with van der Waals surface area (Å²) in [5.41, 5.74) is 0.905. The van der Waals surface area contributed by atoms with Crippen molar-refractivity contribution in [2.45, 2.75) is 44.4 Å². The first kappa shape index (κ1) is 10.5. The van der Waals surface area contributed by atoms with Crippen molar-refractivity contribution in [1.82, 2.24) is 19.9 Å². The number of rotatable bonds is 1. The minimum Gasteiger partial charge on any atom is -0.339 e. The van der Waals surface area contributed by atoms with E-state index in [1.807, 2.05) is 0 Å². The highest BCUT2D eigenvalue weighted by molar-refractivity contribution is 5.68. The van der Waals surface area contributed by atoms with Crippen molar-refractivity contribution in [3.63, 3.8) is 0 Å². The van der Waals surface area contributed by atoms with Crippen molar-refractivity contribution in [2.75, 3.05) is 0 Å². The summed E-state index contributed by atoms with van der Waals surface area (Å²) in [4.78, 5) is 26.1. The second-order valence-corrected chi connectivity index (χ2v) is 4.74. The van der Waals surface area contributed by atoms with Gasteiger partial charge in [0.25, 0.3) is 5.56 Å². The van der Waals surface area contributed by atoms with Gasteiger partial charge in [0.2, 0.25) is 0 Å². The molecule has 90 valence electrons. The predicted octanol–water partition coefficient (Wildman–Crippen LogP) is 2.08. The minimum atomic E-state index is -0.105. The first-order chi connectivity index (χ1) is 8.34. The maximum Gasteiger partial charge on any atom is 0.276 e. The molecule has 0 atom stereocenters. The number of nitrogens with one attached hydrogen (secondary N) is 2. The Hall–Kier alpha value is -1.65. The monoisotopic (exact) mass is 232 g/mol. The highest BCUT2D eigenvalue weighted by atomic mass is 16.1. The smallest absolute Gasteiger partial charge is 0.276 e. The first-order valence-electron chi connectivity index (χ1n) is 6.28. The van der Waals surface area contributed by atoms with Crippen molar-refractivity contribution in [2.24, 2.45) is 0 Å². The highest BCUT2D eigenvalue weighted by Gasteiger charge is 2.18. The molecule has 0 amide bonds. The molecule has 0 aromatic carbocycles. The molecule has 2 aromatic rings. The van der Waals surface area contributed by atoms with E-state index in [4.69, 9.17) is 0 Å². The van der Waals surface area contributed by atoms with Crippen LogP contribution in [0.15, 0.2) is 11.1 Å². The Bertz CT molecular complexity index is 563. The number of aromatic amines is 2. The van der Waals surface area contributed by atoms with E-state index in [1.54, 1.807) is 0 Å². The van der Waals surface area contributed by atoms with Crippen molar-refractivity contribution in [3.8, 4) is 0 Å². The molecule has 0 saturated heterocycles. The number of aromatic nitrogens is 4. The molecule has 1 fully saturated rings. The third-order valence-corrected chi connectivity index (χ3v) is 3.56. The van der Waals surface area contributed by atoms with Crippen LogP contribution in [0.1, 0.15) is 50.3 Å². The fourth-order valence-electron chi connectivity index (χ4n) is 2.61. The summed E-state index contributed by atoms with van der Waals surface area (Å²) in [6, 6.07) is 0. The van der Waals surface area contributed by atoms with Crippen molar-refractivity contribution >= 4 is 11.2 Å². The topological polar surface area (TPSA) is 74.4 Å². The van der Waals surface area contributed by atoms with E-state index in [0.717, 1.165) is 18.7 Å². The van der Waals surface area contributed by atoms with E-state index in [1.165, 1.54) is 32.0 Å². The predicted molar refractivity (Wildman–Crippen MR) is 65.0 cm³/mol. The van der Waals surface area contributed by atoms with E-state index in [-0.39, 0.29) is 5.56 Å². The summed E-state index contributed by atoms with van der Waals surface area (Å²) in [7, 11) is 0. The third-order valence-electron chi connectivity index (χ3n) is 3.56. The normalized spacial score (nSPS) is 18.4. The summed E-state index contributed by atoms with van der Waals surface area (Å²) >= 11 is 0. The van der Waals surface area contributed by atoms with Crippen LogP contribution in [0.4, 0.5) is 0 Å². The van der Waals surface area contributed by atoms with E-state index in [9.17, 15) is 4.79 Å². The summed E-state index contributed by atoms with van der Waals surface area (Å²) in [6.45, 7) is 0. The van der Waals surface area contributed by atoms with E-state index in [0.29, 0.717) is 17.1 Å². The Morgan fingerprint density at radius 3 is 2.71 bits per heavy atom. The van der Waals surface area contributed by atoms with Gasteiger partial charge in [0.1, 0.15) is 5.82 Å². The van der Waals surface area contributed by atoms with Gasteiger partial charge in [-0.3, -0.25) is 4.79 Å². The van der Waals surface area contributed by atoms with Crippen LogP contribution in [0.3, 0.4) is 0 Å². The Labute approximate surface area is 98.7 Å². The molecular weight excluding hydrogens is 216 g/mol. The van der Waals surface area contributed by atoms with E-state index in [2.05, 4.69) is 19.9 Å². The van der Waals surface area contributed by atoms with Crippen LogP contribution in [0.2, 0.25) is 0 Å². The molecule has 2 heterocycles. The fourth-order valence-corrected chi connectivity index (χ4v) is 2.61. The summed E-state index contributed by atoms with van der Waals surface area (Å²) in [5, 5.41) is 0. The number of H-pyrrole nitrogens is 2. The Kier molecular flexibility index (Phi) is 2.66. The molecule has 1 aliphatic rings. The van der Waals surface area contributed by atoms with Gasteiger partial charge in [0, 0.05) is 5.92 Å². The number of fused-ring (bicyclic) bond motifs is 1. The Morgan fingerprint density at radius 2 is 1.94 bits per heavy atom. The van der Waals surface area contributed by atoms with Gasteiger partial charge in [-0.05, 0) is 12.8 Å². The standard InChI is InChI=1S/C12H16N4O/c17-12-9-11(14-7-13-9)15-10(16-12)8-5-3-1-2-4-6-8/h7-8H,1-6H2,(H2,13,14,15,16,17). The highest BCUT2D eigenvalue weighted by Crippen LogP contribution is 2.29. The zero-order valence-electron chi connectivity index (χ0n) is 9.70. The number of hydrogen-bond acceptors (Lipinski definition) is 3. The molecule has 0 spiro atoms. The van der Waals surface area contributed by atoms with Gasteiger partial charge in [-0.2, -0.15) is 0 Å². The molecule has 1 aliphatic carbocycles. The molecule has 17 heavy (non-hydrogen) atoms. The molecule has 1 saturated carbocycles. The number of imidazole rings is 1. The van der Waals surface area contributed by atoms with Crippen molar-refractivity contribution < 1.29 is 0 Å². The maximum atomic E-state index is 11.8. The fraction of sp³-hybridized carbons (Fsp3) is 0.583. The summed E-state index contributed by atoms with van der Waals surface area (Å²) in [5.74, 6) is 1.21. The zero-order chi connectivity index (χ0) is 11.7. The Balaban J connectivity index is 2.01. The van der Waals surface area contributed by atoms with Crippen LogP contribution in [0.5, 0.6) is 0 Å². The quantitative estimate of drug-likeness (QED) is 0.739. The lowest BCUT2D eigenvalue weighted by molar-refractivity contribution is 0.561. The number of hydrogen-bond donors (Lipinski definition) is 2. The van der Waals surface area contributed by atoms with E-state index < -0.39 is 0 Å². The van der Waals surface area contributed by atoms with Crippen LogP contribution in [0.25, 0.3) is 11.2 Å². The van der Waals surface area contributed by atoms with Crippen LogP contribution in [-0.4, -0.2) is 19.9 Å². The molecule has 0 radical (unpaired) electrons. The largest absolute Gasteiger partial charge is 0.339 e. The van der Waals surface area contributed by atoms with Gasteiger partial charge in [0.15, 0.2) is 11.2 Å². The first-order valence-corrected chi connectivity index (χ1v) is 6.28. The van der Waals surface area contributed by atoms with Crippen LogP contribution in [-0.2, 0) is 0 Å². The van der Waals surface area contributed by atoms with Gasteiger partial charge in [-0.1, -0.05) is 25.7 Å². The van der Waals surface area contributed by atoms with Gasteiger partial charge in [-0.15, -0.1) is 0 Å². The van der Waals surface area contributed by atoms with Gasteiger partial charge in [-0.25, -0.2) is 9.97 Å². The van der Waals surface area contributed by atoms with Crippen LogP contribution in [0, 0.1) is 0 Å². The molecule has 2 N–H and O–H groups in total. The summed E-state index contributed by atoms with van der Waals surface area (Å²) in [6.07, 6.45) is 8.82. The molecule has 2 aromatic heterocycles. The molecule has 5 heteroatoms. The van der Waals surface area contributed by atoms with Crippen molar-refractivity contribution in [1.29, 1.82) is 0 Å². The molecule has 3 rings (SSSR count). The number of nitrogens with zero attached hydrogens (tertiary/aromatic N) is 2. The van der Waals surface area contributed by atoms with Gasteiger partial charge < -0.3 is 9.97 Å².